The van der Waals surface area contributed by atoms with Crippen LogP contribution in [0.1, 0.15) is 30.9 Å². The average molecular weight is 376 g/mol. The summed E-state index contributed by atoms with van der Waals surface area (Å²) in [5.41, 5.74) is 7.87. The lowest BCUT2D eigenvalue weighted by Gasteiger charge is -2.27. The first kappa shape index (κ1) is 18.9. The van der Waals surface area contributed by atoms with Gasteiger partial charge in [-0.1, -0.05) is 74.5 Å². The van der Waals surface area contributed by atoms with E-state index in [9.17, 15) is 0 Å². The summed E-state index contributed by atoms with van der Waals surface area (Å²) in [6, 6.07) is 28.9. The summed E-state index contributed by atoms with van der Waals surface area (Å²) in [5, 5.41) is 5.88. The van der Waals surface area contributed by atoms with E-state index >= 15 is 0 Å². The number of benzene rings is 3. The Morgan fingerprint density at radius 1 is 0.852 bits per heavy atom. The lowest BCUT2D eigenvalue weighted by Crippen LogP contribution is -2.44. The van der Waals surface area contributed by atoms with E-state index in [1.54, 1.807) is 0 Å². The van der Waals surface area contributed by atoms with E-state index in [2.05, 4.69) is 73.1 Å². The molecular formula is C23H25N3S. The van der Waals surface area contributed by atoms with Crippen molar-refractivity contribution in [3.63, 3.8) is 0 Å². The average Bonchev–Trinajstić information content (AvgIpc) is 2.69. The topological polar surface area (TPSA) is 27.3 Å². The monoisotopic (exact) mass is 375 g/mol. The third kappa shape index (κ3) is 5.56. The summed E-state index contributed by atoms with van der Waals surface area (Å²) >= 11 is 5.55. The molecule has 0 radical (unpaired) electrons. The van der Waals surface area contributed by atoms with Crippen LogP contribution in [0.5, 0.6) is 0 Å². The molecule has 0 saturated carbocycles. The van der Waals surface area contributed by atoms with Crippen molar-refractivity contribution < 1.29 is 0 Å². The number of anilines is 2. The van der Waals surface area contributed by atoms with Crippen LogP contribution >= 0.6 is 12.2 Å². The Bertz CT molecular complexity index is 846. The number of nitrogens with zero attached hydrogens (tertiary/aromatic N) is 1. The fraction of sp³-hybridized carbons (Fsp3) is 0.174. The maximum absolute atomic E-state index is 5.55. The van der Waals surface area contributed by atoms with Crippen LogP contribution in [-0.2, 0) is 6.54 Å². The molecule has 3 nitrogen and oxygen atoms in total. The van der Waals surface area contributed by atoms with Gasteiger partial charge in [-0.15, -0.1) is 0 Å². The summed E-state index contributed by atoms with van der Waals surface area (Å²) in [6.45, 7) is 5.09. The van der Waals surface area contributed by atoms with Crippen LogP contribution in [0.4, 0.5) is 11.4 Å². The van der Waals surface area contributed by atoms with E-state index in [-0.39, 0.29) is 0 Å². The van der Waals surface area contributed by atoms with E-state index in [0.29, 0.717) is 17.6 Å². The summed E-state index contributed by atoms with van der Waals surface area (Å²) < 4.78 is 0. The third-order valence-electron chi connectivity index (χ3n) is 4.32. The van der Waals surface area contributed by atoms with E-state index in [4.69, 9.17) is 12.2 Å². The predicted molar refractivity (Wildman–Crippen MR) is 119 cm³/mol. The Morgan fingerprint density at radius 3 is 2.04 bits per heavy atom. The zero-order chi connectivity index (χ0) is 19.1. The van der Waals surface area contributed by atoms with Gasteiger partial charge >= 0.3 is 0 Å². The molecule has 0 aliphatic carbocycles. The first-order valence-corrected chi connectivity index (χ1v) is 9.57. The molecule has 138 valence electrons. The van der Waals surface area contributed by atoms with Crippen molar-refractivity contribution in [1.82, 2.24) is 5.43 Å². The predicted octanol–water partition coefficient (Wildman–Crippen LogP) is 5.72. The van der Waals surface area contributed by atoms with Gasteiger partial charge in [0.1, 0.15) is 0 Å². The van der Waals surface area contributed by atoms with Gasteiger partial charge < -0.3 is 5.32 Å². The van der Waals surface area contributed by atoms with Crippen LogP contribution in [0.2, 0.25) is 0 Å². The second-order valence-corrected chi connectivity index (χ2v) is 7.16. The molecule has 0 aliphatic rings. The number of hydrogen-bond donors (Lipinski definition) is 2. The van der Waals surface area contributed by atoms with Gasteiger partial charge in [0.2, 0.25) is 0 Å². The van der Waals surface area contributed by atoms with Gasteiger partial charge in [-0.05, 0) is 53.5 Å². The molecule has 0 heterocycles. The molecule has 0 fully saturated rings. The second kappa shape index (κ2) is 9.19. The minimum absolute atomic E-state index is 0.517. The molecule has 0 aromatic heterocycles. The second-order valence-electron chi connectivity index (χ2n) is 6.75. The zero-order valence-electron chi connectivity index (χ0n) is 15.7. The van der Waals surface area contributed by atoms with Crippen LogP contribution in [0, 0.1) is 0 Å². The van der Waals surface area contributed by atoms with Crippen LogP contribution in [-0.4, -0.2) is 5.11 Å². The standard InChI is InChI=1S/C23H25N3S/c1-18(2)20-13-15-21(16-14-20)24-23(27)25-26(22-11-7-4-8-12-22)17-19-9-5-3-6-10-19/h3-16,18H,17H2,1-2H3,(H2,24,25,27). The van der Waals surface area contributed by atoms with Gasteiger partial charge in [0, 0.05) is 5.69 Å². The largest absolute Gasteiger partial charge is 0.331 e. The molecule has 0 atom stereocenters. The molecule has 2 N–H and O–H groups in total. The van der Waals surface area contributed by atoms with E-state index < -0.39 is 0 Å². The number of nitrogens with one attached hydrogen (secondary N) is 2. The van der Waals surface area contributed by atoms with Crippen molar-refractivity contribution in [3.8, 4) is 0 Å². The first-order chi connectivity index (χ1) is 13.1. The molecule has 27 heavy (non-hydrogen) atoms. The number of thiocarbonyl (C=S) groups is 1. The quantitative estimate of drug-likeness (QED) is 0.426. The highest BCUT2D eigenvalue weighted by molar-refractivity contribution is 7.80. The molecule has 3 aromatic carbocycles. The molecule has 0 amide bonds. The Kier molecular flexibility index (Phi) is 6.44. The van der Waals surface area contributed by atoms with Crippen molar-refractivity contribution in [3.05, 3.63) is 96.1 Å². The fourth-order valence-electron chi connectivity index (χ4n) is 2.80. The molecule has 0 aliphatic heterocycles. The van der Waals surface area contributed by atoms with Gasteiger partial charge in [0.05, 0.1) is 12.2 Å². The highest BCUT2D eigenvalue weighted by atomic mass is 32.1. The molecule has 0 bridgehead atoms. The van der Waals surface area contributed by atoms with Gasteiger partial charge in [0.15, 0.2) is 5.11 Å². The minimum atomic E-state index is 0.517. The summed E-state index contributed by atoms with van der Waals surface area (Å²) in [6.07, 6.45) is 0. The third-order valence-corrected chi connectivity index (χ3v) is 4.52. The number of hydrogen-bond acceptors (Lipinski definition) is 2. The zero-order valence-corrected chi connectivity index (χ0v) is 16.5. The number of hydrazine groups is 1. The normalized spacial score (nSPS) is 10.5. The van der Waals surface area contributed by atoms with E-state index in [0.717, 1.165) is 11.4 Å². The molecule has 0 spiro atoms. The Morgan fingerprint density at radius 2 is 1.44 bits per heavy atom. The molecular weight excluding hydrogens is 350 g/mol. The Labute approximate surface area is 167 Å². The lowest BCUT2D eigenvalue weighted by atomic mass is 10.0. The maximum atomic E-state index is 5.55. The summed E-state index contributed by atoms with van der Waals surface area (Å²) in [5.74, 6) is 0.517. The van der Waals surface area contributed by atoms with Gasteiger partial charge in [0.25, 0.3) is 0 Å². The van der Waals surface area contributed by atoms with E-state index in [1.165, 1.54) is 11.1 Å². The van der Waals surface area contributed by atoms with Crippen LogP contribution in [0.3, 0.4) is 0 Å². The van der Waals surface area contributed by atoms with Crippen LogP contribution in [0.25, 0.3) is 0 Å². The summed E-state index contributed by atoms with van der Waals surface area (Å²) in [4.78, 5) is 0. The molecule has 3 rings (SSSR count). The molecule has 4 heteroatoms. The Hall–Kier alpha value is -2.85. The Balaban J connectivity index is 1.70. The molecule has 0 unspecified atom stereocenters. The minimum Gasteiger partial charge on any atom is -0.331 e. The fourth-order valence-corrected chi connectivity index (χ4v) is 3.03. The van der Waals surface area contributed by atoms with E-state index in [1.807, 2.05) is 41.4 Å². The smallest absolute Gasteiger partial charge is 0.189 e. The SMILES string of the molecule is CC(C)c1ccc(NC(=S)NN(Cc2ccccc2)c2ccccc2)cc1. The first-order valence-electron chi connectivity index (χ1n) is 9.16. The van der Waals surface area contributed by atoms with Crippen LogP contribution < -0.4 is 15.8 Å². The molecule has 3 aromatic rings. The van der Waals surface area contributed by atoms with Crippen molar-refractivity contribution in [1.29, 1.82) is 0 Å². The molecule has 0 saturated heterocycles. The number of rotatable bonds is 6. The number of para-hydroxylation sites is 1. The van der Waals surface area contributed by atoms with Crippen LogP contribution in [0.15, 0.2) is 84.9 Å². The van der Waals surface area contributed by atoms with Crippen molar-refractivity contribution in [2.45, 2.75) is 26.3 Å². The summed E-state index contributed by atoms with van der Waals surface area (Å²) in [7, 11) is 0. The highest BCUT2D eigenvalue weighted by Gasteiger charge is 2.09. The van der Waals surface area contributed by atoms with Gasteiger partial charge in [-0.25, -0.2) is 0 Å². The highest BCUT2D eigenvalue weighted by Crippen LogP contribution is 2.18. The lowest BCUT2D eigenvalue weighted by molar-refractivity contribution is 0.769. The maximum Gasteiger partial charge on any atom is 0.189 e. The van der Waals surface area contributed by atoms with Crippen molar-refractivity contribution >= 4 is 28.7 Å². The van der Waals surface area contributed by atoms with Crippen molar-refractivity contribution in [2.75, 3.05) is 10.3 Å². The van der Waals surface area contributed by atoms with Gasteiger partial charge in [-0.2, -0.15) is 0 Å². The van der Waals surface area contributed by atoms with Gasteiger partial charge in [-0.3, -0.25) is 10.4 Å². The van der Waals surface area contributed by atoms with Crippen molar-refractivity contribution in [2.24, 2.45) is 0 Å².